The first-order valence-electron chi connectivity index (χ1n) is 6.76. The molecule has 3 unspecified atom stereocenters. The van der Waals surface area contributed by atoms with Crippen molar-refractivity contribution in [1.82, 2.24) is 0 Å². The van der Waals surface area contributed by atoms with Gasteiger partial charge in [0, 0.05) is 4.83 Å². The Morgan fingerprint density at radius 2 is 1.94 bits per heavy atom. The van der Waals surface area contributed by atoms with E-state index in [4.69, 9.17) is 0 Å². The molecule has 1 heteroatoms. The van der Waals surface area contributed by atoms with Gasteiger partial charge in [0.15, 0.2) is 0 Å². The second-order valence-corrected chi connectivity index (χ2v) is 6.99. The number of aryl methyl sites for hydroxylation is 2. The van der Waals surface area contributed by atoms with Crippen molar-refractivity contribution in [3.05, 3.63) is 34.9 Å². The lowest BCUT2D eigenvalue weighted by Gasteiger charge is -2.31. The van der Waals surface area contributed by atoms with Crippen LogP contribution in [0, 0.1) is 25.7 Å². The van der Waals surface area contributed by atoms with Gasteiger partial charge in [-0.15, -0.1) is 0 Å². The highest BCUT2D eigenvalue weighted by Gasteiger charge is 2.26. The monoisotopic (exact) mass is 294 g/mol. The third-order valence-corrected chi connectivity index (χ3v) is 5.43. The summed E-state index contributed by atoms with van der Waals surface area (Å²) in [4.78, 5) is 0.723. The molecule has 17 heavy (non-hydrogen) atoms. The summed E-state index contributed by atoms with van der Waals surface area (Å²) in [6, 6.07) is 6.94. The first-order chi connectivity index (χ1) is 8.06. The molecule has 0 bridgehead atoms. The number of benzene rings is 1. The Kier molecular flexibility index (Phi) is 4.30. The Balaban J connectivity index is 2.06. The highest BCUT2D eigenvalue weighted by atomic mass is 79.9. The molecule has 0 aliphatic heterocycles. The van der Waals surface area contributed by atoms with Gasteiger partial charge in [-0.1, -0.05) is 41.1 Å². The first-order valence-corrected chi connectivity index (χ1v) is 7.68. The van der Waals surface area contributed by atoms with Crippen LogP contribution >= 0.6 is 15.9 Å². The van der Waals surface area contributed by atoms with E-state index in [0.717, 1.165) is 16.7 Å². The molecular weight excluding hydrogens is 272 g/mol. The molecule has 0 spiro atoms. The van der Waals surface area contributed by atoms with E-state index in [1.165, 1.54) is 42.4 Å². The van der Waals surface area contributed by atoms with Gasteiger partial charge in [0.25, 0.3) is 0 Å². The predicted octanol–water partition coefficient (Wildman–Crippen LogP) is 5.05. The summed E-state index contributed by atoms with van der Waals surface area (Å²) < 4.78 is 0. The van der Waals surface area contributed by atoms with E-state index in [2.05, 4.69) is 54.9 Å². The first kappa shape index (κ1) is 13.1. The summed E-state index contributed by atoms with van der Waals surface area (Å²) in [7, 11) is 0. The highest BCUT2D eigenvalue weighted by molar-refractivity contribution is 9.09. The molecule has 1 aromatic rings. The van der Waals surface area contributed by atoms with Crippen molar-refractivity contribution < 1.29 is 0 Å². The van der Waals surface area contributed by atoms with Gasteiger partial charge in [-0.3, -0.25) is 0 Å². The summed E-state index contributed by atoms with van der Waals surface area (Å²) in [6.45, 7) is 6.80. The predicted molar refractivity (Wildman–Crippen MR) is 78.8 cm³/mol. The van der Waals surface area contributed by atoms with Gasteiger partial charge in [0.2, 0.25) is 0 Å². The second kappa shape index (κ2) is 5.56. The standard InChI is InChI=1S/C16H23Br/c1-11-4-7-16(17)15(8-11)10-14-6-5-12(2)13(3)9-14/h5-6,9,11,15-16H,4,7-8,10H2,1-3H3. The van der Waals surface area contributed by atoms with Crippen molar-refractivity contribution in [3.63, 3.8) is 0 Å². The van der Waals surface area contributed by atoms with Crippen LogP contribution in [-0.4, -0.2) is 4.83 Å². The zero-order chi connectivity index (χ0) is 12.4. The van der Waals surface area contributed by atoms with E-state index in [1.54, 1.807) is 0 Å². The van der Waals surface area contributed by atoms with E-state index in [-0.39, 0.29) is 0 Å². The Bertz CT molecular complexity index is 383. The van der Waals surface area contributed by atoms with Gasteiger partial charge in [-0.05, 0) is 68.1 Å². The van der Waals surface area contributed by atoms with Crippen molar-refractivity contribution in [2.75, 3.05) is 0 Å². The molecule has 94 valence electrons. The molecule has 1 saturated carbocycles. The largest absolute Gasteiger partial charge is 0.0888 e. The van der Waals surface area contributed by atoms with E-state index in [9.17, 15) is 0 Å². The fraction of sp³-hybridized carbons (Fsp3) is 0.625. The van der Waals surface area contributed by atoms with Gasteiger partial charge < -0.3 is 0 Å². The lowest BCUT2D eigenvalue weighted by molar-refractivity contribution is 0.294. The molecule has 0 radical (unpaired) electrons. The van der Waals surface area contributed by atoms with E-state index in [0.29, 0.717) is 0 Å². The van der Waals surface area contributed by atoms with Crippen molar-refractivity contribution in [2.45, 2.75) is 51.3 Å². The van der Waals surface area contributed by atoms with Gasteiger partial charge in [-0.2, -0.15) is 0 Å². The normalized spacial score (nSPS) is 29.3. The van der Waals surface area contributed by atoms with Crippen molar-refractivity contribution >= 4 is 15.9 Å². The summed E-state index contributed by atoms with van der Waals surface area (Å²) in [6.07, 6.45) is 5.35. The van der Waals surface area contributed by atoms with Crippen LogP contribution in [0.15, 0.2) is 18.2 Å². The Morgan fingerprint density at radius 1 is 1.18 bits per heavy atom. The van der Waals surface area contributed by atoms with Gasteiger partial charge in [0.1, 0.15) is 0 Å². The van der Waals surface area contributed by atoms with E-state index < -0.39 is 0 Å². The van der Waals surface area contributed by atoms with Crippen LogP contribution in [0.5, 0.6) is 0 Å². The molecule has 0 N–H and O–H groups in total. The number of hydrogen-bond donors (Lipinski definition) is 0. The quantitative estimate of drug-likeness (QED) is 0.670. The Hall–Kier alpha value is -0.300. The number of alkyl halides is 1. The van der Waals surface area contributed by atoms with E-state index in [1.807, 2.05) is 0 Å². The van der Waals surface area contributed by atoms with Crippen molar-refractivity contribution in [3.8, 4) is 0 Å². The molecule has 2 rings (SSSR count). The second-order valence-electron chi connectivity index (χ2n) is 5.82. The van der Waals surface area contributed by atoms with Gasteiger partial charge >= 0.3 is 0 Å². The summed E-state index contributed by atoms with van der Waals surface area (Å²) in [5.41, 5.74) is 4.34. The minimum absolute atomic E-state index is 0.723. The Morgan fingerprint density at radius 3 is 2.65 bits per heavy atom. The molecule has 0 saturated heterocycles. The molecule has 3 atom stereocenters. The number of rotatable bonds is 2. The molecule has 1 aliphatic rings. The molecule has 0 heterocycles. The molecule has 1 aliphatic carbocycles. The van der Waals surface area contributed by atoms with E-state index >= 15 is 0 Å². The molecular formula is C16H23Br. The lowest BCUT2D eigenvalue weighted by Crippen LogP contribution is -2.25. The summed E-state index contributed by atoms with van der Waals surface area (Å²) >= 11 is 3.87. The third-order valence-electron chi connectivity index (χ3n) is 4.22. The maximum atomic E-state index is 3.87. The maximum Gasteiger partial charge on any atom is 0.0177 e. The van der Waals surface area contributed by atoms with Crippen LogP contribution in [0.25, 0.3) is 0 Å². The zero-order valence-corrected chi connectivity index (χ0v) is 12.8. The highest BCUT2D eigenvalue weighted by Crippen LogP contribution is 2.35. The van der Waals surface area contributed by atoms with Crippen LogP contribution in [-0.2, 0) is 6.42 Å². The summed E-state index contributed by atoms with van der Waals surface area (Å²) in [5, 5.41) is 0. The van der Waals surface area contributed by atoms with Crippen molar-refractivity contribution in [1.29, 1.82) is 0 Å². The van der Waals surface area contributed by atoms with Crippen LogP contribution in [0.4, 0.5) is 0 Å². The molecule has 0 aromatic heterocycles. The zero-order valence-electron chi connectivity index (χ0n) is 11.2. The average molecular weight is 295 g/mol. The molecule has 0 amide bonds. The molecule has 1 aromatic carbocycles. The molecule has 0 nitrogen and oxygen atoms in total. The van der Waals surface area contributed by atoms with Crippen LogP contribution in [0.2, 0.25) is 0 Å². The topological polar surface area (TPSA) is 0 Å². The lowest BCUT2D eigenvalue weighted by atomic mass is 9.79. The minimum Gasteiger partial charge on any atom is -0.0888 e. The fourth-order valence-corrected chi connectivity index (χ4v) is 3.57. The van der Waals surface area contributed by atoms with Gasteiger partial charge in [0.05, 0.1) is 0 Å². The smallest absolute Gasteiger partial charge is 0.0177 e. The number of hydrogen-bond acceptors (Lipinski definition) is 0. The minimum atomic E-state index is 0.723. The van der Waals surface area contributed by atoms with Crippen LogP contribution < -0.4 is 0 Å². The maximum absolute atomic E-state index is 3.87. The number of halogens is 1. The fourth-order valence-electron chi connectivity index (χ4n) is 2.91. The Labute approximate surface area is 114 Å². The van der Waals surface area contributed by atoms with Crippen LogP contribution in [0.3, 0.4) is 0 Å². The average Bonchev–Trinajstić information content (AvgIpc) is 2.29. The SMILES string of the molecule is Cc1ccc(CC2CC(C)CCC2Br)cc1C. The van der Waals surface area contributed by atoms with Crippen molar-refractivity contribution in [2.24, 2.45) is 11.8 Å². The third kappa shape index (κ3) is 3.34. The molecule has 1 fully saturated rings. The summed E-state index contributed by atoms with van der Waals surface area (Å²) in [5.74, 6) is 1.72. The van der Waals surface area contributed by atoms with Gasteiger partial charge in [-0.25, -0.2) is 0 Å². The van der Waals surface area contributed by atoms with Crippen LogP contribution in [0.1, 0.15) is 42.9 Å².